The topological polar surface area (TPSA) is 16.1 Å². The van der Waals surface area contributed by atoms with Crippen molar-refractivity contribution < 1.29 is 0 Å². The molecule has 12 aromatic rings. The van der Waals surface area contributed by atoms with Crippen molar-refractivity contribution in [1.29, 1.82) is 0 Å². The Bertz CT molecular complexity index is 3590. The normalized spacial score (nSPS) is 11.5. The lowest BCUT2D eigenvalue weighted by Gasteiger charge is -2.26. The zero-order valence-electron chi connectivity index (χ0n) is 34.2. The van der Waals surface area contributed by atoms with Gasteiger partial charge in [0, 0.05) is 48.4 Å². The van der Waals surface area contributed by atoms with E-state index in [4.69, 9.17) is 4.98 Å². The van der Waals surface area contributed by atoms with Crippen LogP contribution < -0.4 is 4.90 Å². The van der Waals surface area contributed by atoms with Crippen molar-refractivity contribution in [3.05, 3.63) is 231 Å². The van der Waals surface area contributed by atoms with Gasteiger partial charge in [-0.1, -0.05) is 176 Å². The van der Waals surface area contributed by atoms with Crippen molar-refractivity contribution in [3.63, 3.8) is 0 Å². The standard InChI is InChI=1S/C59H38N2S2/c1-3-12-39(13-4-1)42-22-25-45(26-23-42)59-60-57-56-52-20-9-10-21-54(52)62-55(56)38-53(58(57)63-59)44-30-34-50(35-31-44)61(51-19-11-18-47(37-51)40-14-5-2-6-15-40)49-32-28-43(29-33-49)48-27-24-41-16-7-8-17-46(41)36-48/h1-38H. The predicted molar refractivity (Wildman–Crippen MR) is 272 cm³/mol. The molecular formula is C59H38N2S2. The van der Waals surface area contributed by atoms with Gasteiger partial charge in [-0.15, -0.1) is 22.7 Å². The first kappa shape index (κ1) is 37.2. The van der Waals surface area contributed by atoms with E-state index in [-0.39, 0.29) is 0 Å². The van der Waals surface area contributed by atoms with E-state index in [1.165, 1.54) is 80.2 Å². The fourth-order valence-corrected chi connectivity index (χ4v) is 11.2. The highest BCUT2D eigenvalue weighted by Gasteiger charge is 2.20. The van der Waals surface area contributed by atoms with Crippen LogP contribution in [0.3, 0.4) is 0 Å². The van der Waals surface area contributed by atoms with E-state index in [0.717, 1.165) is 33.1 Å². The Balaban J connectivity index is 0.963. The summed E-state index contributed by atoms with van der Waals surface area (Å²) in [6.07, 6.45) is 0. The first-order valence-electron chi connectivity index (χ1n) is 21.3. The number of aromatic nitrogens is 1. The van der Waals surface area contributed by atoms with E-state index in [2.05, 4.69) is 235 Å². The number of thiophene rings is 1. The Hall–Kier alpha value is -7.63. The quantitative estimate of drug-likeness (QED) is 0.152. The summed E-state index contributed by atoms with van der Waals surface area (Å²) in [7, 11) is 0. The molecule has 296 valence electrons. The van der Waals surface area contributed by atoms with Crippen molar-refractivity contribution in [3.8, 4) is 55.1 Å². The molecule has 2 nitrogen and oxygen atoms in total. The maximum atomic E-state index is 5.44. The molecule has 0 N–H and O–H groups in total. The molecular weight excluding hydrogens is 801 g/mol. The lowest BCUT2D eigenvalue weighted by atomic mass is 10.00. The first-order valence-corrected chi connectivity index (χ1v) is 22.9. The molecule has 4 heteroatoms. The maximum Gasteiger partial charge on any atom is 0.124 e. The molecule has 0 aliphatic heterocycles. The molecule has 0 aliphatic rings. The summed E-state index contributed by atoms with van der Waals surface area (Å²) < 4.78 is 3.74. The zero-order valence-corrected chi connectivity index (χ0v) is 35.8. The van der Waals surface area contributed by atoms with Crippen LogP contribution in [0.1, 0.15) is 0 Å². The SMILES string of the molecule is c1ccc(-c2ccc(-c3nc4c(s3)c(-c3ccc(N(c5ccc(-c6ccc7ccccc7c6)cc5)c5cccc(-c6ccccc6)c5)cc3)cc3sc5ccccc5c34)cc2)cc1. The molecule has 0 unspecified atom stereocenters. The third-order valence-corrected chi connectivity index (χ3v) is 14.4. The highest BCUT2D eigenvalue weighted by molar-refractivity contribution is 7.26. The molecule has 0 spiro atoms. The van der Waals surface area contributed by atoms with E-state index >= 15 is 0 Å². The lowest BCUT2D eigenvalue weighted by Crippen LogP contribution is -2.10. The van der Waals surface area contributed by atoms with Crippen LogP contribution in [-0.2, 0) is 0 Å². The van der Waals surface area contributed by atoms with Crippen LogP contribution in [0.2, 0.25) is 0 Å². The second-order valence-corrected chi connectivity index (χ2v) is 18.0. The van der Waals surface area contributed by atoms with Crippen LogP contribution in [0, 0.1) is 0 Å². The van der Waals surface area contributed by atoms with Gasteiger partial charge in [0.2, 0.25) is 0 Å². The summed E-state index contributed by atoms with van der Waals surface area (Å²) in [6, 6.07) is 83.4. The smallest absolute Gasteiger partial charge is 0.124 e. The van der Waals surface area contributed by atoms with Gasteiger partial charge in [0.05, 0.1) is 10.2 Å². The number of hydrogen-bond donors (Lipinski definition) is 0. The molecule has 0 amide bonds. The number of rotatable bonds is 8. The van der Waals surface area contributed by atoms with Crippen LogP contribution >= 0.6 is 22.7 Å². The monoisotopic (exact) mass is 838 g/mol. The van der Waals surface area contributed by atoms with E-state index < -0.39 is 0 Å². The highest BCUT2D eigenvalue weighted by Crippen LogP contribution is 2.47. The van der Waals surface area contributed by atoms with Crippen LogP contribution in [0.25, 0.3) is 96.2 Å². The molecule has 0 saturated heterocycles. The largest absolute Gasteiger partial charge is 0.310 e. The molecule has 0 atom stereocenters. The number of anilines is 3. The summed E-state index contributed by atoms with van der Waals surface area (Å²) in [5.41, 5.74) is 15.0. The minimum absolute atomic E-state index is 1.03. The van der Waals surface area contributed by atoms with Crippen LogP contribution in [0.15, 0.2) is 231 Å². The number of nitrogens with zero attached hydrogens (tertiary/aromatic N) is 2. The minimum Gasteiger partial charge on any atom is -0.310 e. The third-order valence-electron chi connectivity index (χ3n) is 12.1. The summed E-state index contributed by atoms with van der Waals surface area (Å²) >= 11 is 3.64. The summed E-state index contributed by atoms with van der Waals surface area (Å²) in [4.78, 5) is 7.81. The Morgan fingerprint density at radius 3 is 1.62 bits per heavy atom. The zero-order chi connectivity index (χ0) is 41.7. The van der Waals surface area contributed by atoms with E-state index in [1.54, 1.807) is 11.3 Å². The molecule has 0 aliphatic carbocycles. The predicted octanol–water partition coefficient (Wildman–Crippen LogP) is 17.6. The third kappa shape index (κ3) is 6.87. The van der Waals surface area contributed by atoms with Gasteiger partial charge in [0.15, 0.2) is 0 Å². The molecule has 0 saturated carbocycles. The fraction of sp³-hybridized carbons (Fsp3) is 0. The maximum absolute atomic E-state index is 5.44. The average molecular weight is 839 g/mol. The van der Waals surface area contributed by atoms with Crippen molar-refractivity contribution in [2.75, 3.05) is 4.90 Å². The second kappa shape index (κ2) is 15.7. The van der Waals surface area contributed by atoms with Crippen molar-refractivity contribution in [2.24, 2.45) is 0 Å². The van der Waals surface area contributed by atoms with Gasteiger partial charge in [-0.2, -0.15) is 0 Å². The number of hydrogen-bond acceptors (Lipinski definition) is 4. The van der Waals surface area contributed by atoms with Crippen molar-refractivity contribution in [1.82, 2.24) is 4.98 Å². The van der Waals surface area contributed by atoms with Crippen LogP contribution in [-0.4, -0.2) is 4.98 Å². The number of thiazole rings is 1. The van der Waals surface area contributed by atoms with Crippen molar-refractivity contribution >= 4 is 80.9 Å². The molecule has 0 bridgehead atoms. The van der Waals surface area contributed by atoms with Gasteiger partial charge in [0.25, 0.3) is 0 Å². The summed E-state index contributed by atoms with van der Waals surface area (Å²) in [5.74, 6) is 0. The Morgan fingerprint density at radius 2 is 0.873 bits per heavy atom. The second-order valence-electron chi connectivity index (χ2n) is 15.9. The Morgan fingerprint density at radius 1 is 0.333 bits per heavy atom. The average Bonchev–Trinajstić information content (AvgIpc) is 3.97. The summed E-state index contributed by atoms with van der Waals surface area (Å²) in [6.45, 7) is 0. The van der Waals surface area contributed by atoms with Crippen LogP contribution in [0.5, 0.6) is 0 Å². The minimum atomic E-state index is 1.03. The van der Waals surface area contributed by atoms with Gasteiger partial charge in [0.1, 0.15) is 5.01 Å². The van der Waals surface area contributed by atoms with E-state index in [0.29, 0.717) is 0 Å². The molecule has 63 heavy (non-hydrogen) atoms. The van der Waals surface area contributed by atoms with Gasteiger partial charge in [-0.25, -0.2) is 4.98 Å². The molecule has 0 fully saturated rings. The molecule has 2 heterocycles. The van der Waals surface area contributed by atoms with Gasteiger partial charge >= 0.3 is 0 Å². The molecule has 0 radical (unpaired) electrons. The Labute approximate surface area is 374 Å². The lowest BCUT2D eigenvalue weighted by molar-refractivity contribution is 1.28. The first-order chi connectivity index (χ1) is 31.2. The van der Waals surface area contributed by atoms with Crippen molar-refractivity contribution in [2.45, 2.75) is 0 Å². The number of benzene rings is 10. The molecule has 2 aromatic heterocycles. The number of fused-ring (bicyclic) bond motifs is 6. The van der Waals surface area contributed by atoms with Crippen LogP contribution in [0.4, 0.5) is 17.1 Å². The molecule has 10 aromatic carbocycles. The van der Waals surface area contributed by atoms with Gasteiger partial charge < -0.3 is 4.90 Å². The highest BCUT2D eigenvalue weighted by atomic mass is 32.1. The van der Waals surface area contributed by atoms with Gasteiger partial charge in [-0.3, -0.25) is 0 Å². The summed E-state index contributed by atoms with van der Waals surface area (Å²) in [5, 5.41) is 6.03. The Kier molecular flexibility index (Phi) is 9.25. The van der Waals surface area contributed by atoms with E-state index in [1.807, 2.05) is 11.3 Å². The van der Waals surface area contributed by atoms with E-state index in [9.17, 15) is 0 Å². The fourth-order valence-electron chi connectivity index (χ4n) is 8.92. The molecule has 12 rings (SSSR count). The van der Waals surface area contributed by atoms with Gasteiger partial charge in [-0.05, 0) is 104 Å².